The van der Waals surface area contributed by atoms with Crippen molar-refractivity contribution in [2.75, 3.05) is 52.2 Å². The summed E-state index contributed by atoms with van der Waals surface area (Å²) in [5.74, 6) is -1.12. The van der Waals surface area contributed by atoms with Crippen molar-refractivity contribution < 1.29 is 33.4 Å². The molecule has 3 aromatic carbocycles. The number of carbonyl (C=O) groups is 5. The van der Waals surface area contributed by atoms with Crippen molar-refractivity contribution in [3.63, 3.8) is 0 Å². The first-order valence-electron chi connectivity index (χ1n) is 21.5. The minimum Gasteiger partial charge on any atom is -0.492 e. The Kier molecular flexibility index (Phi) is 19.1. The topological polar surface area (TPSA) is 283 Å². The Hall–Kier alpha value is -6.24. The van der Waals surface area contributed by atoms with E-state index >= 15 is 0 Å². The molecule has 5 amide bonds. The second kappa shape index (κ2) is 24.9. The van der Waals surface area contributed by atoms with Crippen LogP contribution in [-0.4, -0.2) is 115 Å². The summed E-state index contributed by atoms with van der Waals surface area (Å²) in [4.78, 5) is 81.5. The summed E-state index contributed by atoms with van der Waals surface area (Å²) in [5, 5.41) is 19.9. The van der Waals surface area contributed by atoms with Gasteiger partial charge in [-0.15, -0.1) is 0 Å². The first kappa shape index (κ1) is 50.8. The molecule has 0 spiro atoms. The highest BCUT2D eigenvalue weighted by atomic mass is 33.1. The Bertz CT molecular complexity index is 2400. The highest BCUT2D eigenvalue weighted by Gasteiger charge is 2.36. The predicted molar refractivity (Wildman–Crippen MR) is 254 cm³/mol. The number of likely N-dealkylation sites (N-methyl/N-ethyl adjacent to an activating group) is 1. The van der Waals surface area contributed by atoms with Crippen LogP contribution in [0.15, 0.2) is 71.8 Å². The summed E-state index contributed by atoms with van der Waals surface area (Å²) in [6, 6.07) is 14.9. The maximum Gasteiger partial charge on any atom is 0.255 e. The number of rotatable bonds is 19. The number of ether oxygens (including phenoxy) is 2. The molecule has 0 unspecified atom stereocenters. The zero-order chi connectivity index (χ0) is 47.8. The van der Waals surface area contributed by atoms with Gasteiger partial charge in [-0.3, -0.25) is 24.0 Å². The number of carbonyl (C=O) groups excluding carboxylic acids is 5. The largest absolute Gasteiger partial charge is 0.492 e. The van der Waals surface area contributed by atoms with Crippen molar-refractivity contribution in [3.8, 4) is 40.1 Å². The highest BCUT2D eigenvalue weighted by Crippen LogP contribution is 2.40. The van der Waals surface area contributed by atoms with Crippen LogP contribution >= 0.6 is 21.6 Å². The van der Waals surface area contributed by atoms with Gasteiger partial charge in [0, 0.05) is 60.1 Å². The van der Waals surface area contributed by atoms with Crippen LogP contribution in [0.5, 0.6) is 11.5 Å². The fourth-order valence-electron chi connectivity index (χ4n) is 7.05. The molecule has 10 N–H and O–H groups in total. The van der Waals surface area contributed by atoms with Gasteiger partial charge >= 0.3 is 0 Å². The van der Waals surface area contributed by atoms with E-state index in [0.717, 1.165) is 22.6 Å². The minimum absolute atomic E-state index is 0.000598. The van der Waals surface area contributed by atoms with Crippen LogP contribution in [0, 0.1) is 18.3 Å². The third kappa shape index (κ3) is 13.2. The van der Waals surface area contributed by atoms with Crippen LogP contribution in [0.2, 0.25) is 0 Å². The summed E-state index contributed by atoms with van der Waals surface area (Å²) in [6.45, 7) is 5.62. The molecule has 18 nitrogen and oxygen atoms in total. The first-order valence-corrected chi connectivity index (χ1v) is 23.8. The van der Waals surface area contributed by atoms with Crippen molar-refractivity contribution in [3.05, 3.63) is 89.2 Å². The third-order valence-corrected chi connectivity index (χ3v) is 13.0. The van der Waals surface area contributed by atoms with Crippen molar-refractivity contribution in [1.29, 1.82) is 5.26 Å². The van der Waals surface area contributed by atoms with Gasteiger partial charge in [-0.25, -0.2) is 9.97 Å². The Morgan fingerprint density at radius 2 is 1.64 bits per heavy atom. The summed E-state index contributed by atoms with van der Waals surface area (Å²) >= 11 is 0. The summed E-state index contributed by atoms with van der Waals surface area (Å²) in [5.41, 5.74) is 20.8. The molecule has 350 valence electrons. The second-order valence-corrected chi connectivity index (χ2v) is 17.8. The normalized spacial score (nSPS) is 16.4. The van der Waals surface area contributed by atoms with E-state index in [9.17, 15) is 24.0 Å². The molecular weight excluding hydrogens is 883 g/mol. The lowest BCUT2D eigenvalue weighted by molar-refractivity contribution is -0.141. The van der Waals surface area contributed by atoms with Crippen molar-refractivity contribution in [2.24, 2.45) is 17.2 Å². The lowest BCUT2D eigenvalue weighted by atomic mass is 9.93. The number of nitrogens with two attached hydrogens (primary N) is 3. The fraction of sp³-hybridized carbons (Fsp3) is 0.391. The van der Waals surface area contributed by atoms with E-state index in [1.165, 1.54) is 25.1 Å². The van der Waals surface area contributed by atoms with Crippen molar-refractivity contribution in [1.82, 2.24) is 36.1 Å². The summed E-state index contributed by atoms with van der Waals surface area (Å²) in [6.07, 6.45) is 2.50. The van der Waals surface area contributed by atoms with Gasteiger partial charge in [0.25, 0.3) is 5.91 Å². The Morgan fingerprint density at radius 3 is 2.27 bits per heavy atom. The molecule has 1 aromatic heterocycles. The Labute approximate surface area is 392 Å². The van der Waals surface area contributed by atoms with E-state index in [4.69, 9.17) is 31.9 Å². The van der Waals surface area contributed by atoms with E-state index in [1.54, 1.807) is 64.9 Å². The van der Waals surface area contributed by atoms with E-state index in [-0.39, 0.29) is 57.8 Å². The number of benzene rings is 3. The molecule has 0 saturated carbocycles. The van der Waals surface area contributed by atoms with Crippen LogP contribution in [-0.2, 0) is 25.6 Å². The SMILES string of the molecule is CCCSSc1ccc(-c2ncc(C(=O)N[C@@H](CCN)C(=O)N(C)[C@@H]3C(=O)N[C@@H](C)C(=O)N[C@H](C(=O)NCC#N)Cc4ccc(OCCN)c(c4)-c4cc3ccc4OCCN)c(C)n2)cc1. The van der Waals surface area contributed by atoms with Gasteiger partial charge in [0.15, 0.2) is 5.82 Å². The molecule has 0 saturated heterocycles. The molecule has 20 heteroatoms. The zero-order valence-electron chi connectivity index (χ0n) is 37.4. The molecule has 0 aliphatic carbocycles. The van der Waals surface area contributed by atoms with E-state index in [2.05, 4.69) is 38.2 Å². The van der Waals surface area contributed by atoms with Gasteiger partial charge in [-0.2, -0.15) is 5.26 Å². The molecule has 66 heavy (non-hydrogen) atoms. The average Bonchev–Trinajstić information content (AvgIpc) is 3.31. The maximum absolute atomic E-state index is 14.6. The molecule has 0 fully saturated rings. The molecule has 4 bridgehead atoms. The second-order valence-electron chi connectivity index (χ2n) is 15.3. The lowest BCUT2D eigenvalue weighted by Gasteiger charge is -2.32. The molecule has 1 aliphatic rings. The highest BCUT2D eigenvalue weighted by molar-refractivity contribution is 8.76. The van der Waals surface area contributed by atoms with Gasteiger partial charge in [0.05, 0.1) is 17.3 Å². The zero-order valence-corrected chi connectivity index (χ0v) is 39.1. The monoisotopic (exact) mass is 939 g/mol. The minimum atomic E-state index is -1.40. The number of aryl methyl sites for hydroxylation is 1. The number of hydrogen-bond donors (Lipinski definition) is 7. The van der Waals surface area contributed by atoms with Crippen LogP contribution in [0.4, 0.5) is 0 Å². The molecule has 5 rings (SSSR count). The molecule has 1 aliphatic heterocycles. The predicted octanol–water partition coefficient (Wildman–Crippen LogP) is 2.78. The lowest BCUT2D eigenvalue weighted by Crippen LogP contribution is -2.56. The molecular formula is C46H57N11O7S2. The number of nitrogens with zero attached hydrogens (tertiary/aromatic N) is 4. The van der Waals surface area contributed by atoms with Crippen molar-refractivity contribution >= 4 is 51.1 Å². The van der Waals surface area contributed by atoms with Crippen LogP contribution in [0.3, 0.4) is 0 Å². The smallest absolute Gasteiger partial charge is 0.255 e. The van der Waals surface area contributed by atoms with Crippen LogP contribution in [0.25, 0.3) is 22.5 Å². The number of nitrogens with one attached hydrogen (secondary N) is 4. The van der Waals surface area contributed by atoms with Crippen molar-refractivity contribution in [2.45, 2.75) is 69.1 Å². The van der Waals surface area contributed by atoms with Crippen LogP contribution < -0.4 is 47.9 Å². The van der Waals surface area contributed by atoms with E-state index in [0.29, 0.717) is 45.3 Å². The summed E-state index contributed by atoms with van der Waals surface area (Å²) in [7, 11) is 4.89. The molecule has 4 atom stereocenters. The molecule has 2 heterocycles. The number of aromatic nitrogens is 2. The fourth-order valence-corrected chi connectivity index (χ4v) is 9.17. The molecule has 0 radical (unpaired) electrons. The quantitative estimate of drug-likeness (QED) is 0.0404. The van der Waals surface area contributed by atoms with E-state index in [1.807, 2.05) is 30.3 Å². The number of nitriles is 1. The number of hydrogen-bond acceptors (Lipinski definition) is 15. The summed E-state index contributed by atoms with van der Waals surface area (Å²) < 4.78 is 12.2. The van der Waals surface area contributed by atoms with E-state index < -0.39 is 53.7 Å². The van der Waals surface area contributed by atoms with Gasteiger partial charge in [0.2, 0.25) is 23.6 Å². The Balaban J connectivity index is 1.53. The average molecular weight is 940 g/mol. The first-order chi connectivity index (χ1) is 31.8. The van der Waals surface area contributed by atoms with Gasteiger partial charge in [-0.1, -0.05) is 52.8 Å². The Morgan fingerprint density at radius 1 is 0.955 bits per heavy atom. The number of fused-ring (bicyclic) bond motifs is 5. The standard InChI is InChI=1S/C46H57N11O7S2/c1-5-22-65-66-32-10-7-30(8-11-32)41-52-26-35(27(2)53-41)43(59)55-36(14-15-47)46(62)57(4)40-31-9-13-39(64-21-18-50)34(25-31)33-23-29(6-12-38(33)63-20-17-49)24-37(44(60)51-19-16-48)56-42(58)28(3)54-45(40)61/h6-13,23,25-26,28,36-37,40H,5,14-15,17-22,24,47,49-50H2,1-4H3,(H,51,60)(H,54,61)(H,55,59)(H,56,58)/t28-,36-,37-,40-/m0/s1. The van der Waals surface area contributed by atoms with Gasteiger partial charge in [0.1, 0.15) is 55.4 Å². The maximum atomic E-state index is 14.6. The molecule has 4 aromatic rings. The number of amides is 5. The van der Waals surface area contributed by atoms with Gasteiger partial charge < -0.3 is 52.8 Å². The third-order valence-electron chi connectivity index (χ3n) is 10.4. The van der Waals surface area contributed by atoms with Crippen LogP contribution in [0.1, 0.15) is 59.9 Å². The van der Waals surface area contributed by atoms with Gasteiger partial charge in [-0.05, 0) is 80.8 Å².